The van der Waals surface area contributed by atoms with Gasteiger partial charge in [0.25, 0.3) is 0 Å². The Labute approximate surface area is 105 Å². The van der Waals surface area contributed by atoms with Gasteiger partial charge < -0.3 is 4.74 Å². The van der Waals surface area contributed by atoms with Crippen LogP contribution in [-0.4, -0.2) is 23.9 Å². The second-order valence-electron chi connectivity index (χ2n) is 4.51. The fourth-order valence-electron chi connectivity index (χ4n) is 2.44. The fraction of sp³-hybridized carbons (Fsp3) is 0.462. The van der Waals surface area contributed by atoms with Gasteiger partial charge in [-0.2, -0.15) is 0 Å². The van der Waals surface area contributed by atoms with Crippen molar-refractivity contribution in [3.8, 4) is 5.75 Å². The zero-order chi connectivity index (χ0) is 13.1. The van der Waals surface area contributed by atoms with Crippen molar-refractivity contribution in [2.24, 2.45) is 0 Å². The lowest BCUT2D eigenvalue weighted by Gasteiger charge is -2.25. The first-order chi connectivity index (χ1) is 8.61. The summed E-state index contributed by atoms with van der Waals surface area (Å²) in [5.41, 5.74) is 0.838. The second kappa shape index (κ2) is 5.16. The molecular formula is C13H15NO4. The summed E-state index contributed by atoms with van der Waals surface area (Å²) in [7, 11) is 1.57. The van der Waals surface area contributed by atoms with Gasteiger partial charge in [0.2, 0.25) is 6.04 Å². The van der Waals surface area contributed by atoms with Crippen LogP contribution in [0, 0.1) is 10.1 Å². The van der Waals surface area contributed by atoms with E-state index in [1.807, 2.05) is 0 Å². The van der Waals surface area contributed by atoms with Crippen LogP contribution in [0.15, 0.2) is 24.3 Å². The highest BCUT2D eigenvalue weighted by Crippen LogP contribution is 2.33. The number of hydrogen-bond donors (Lipinski definition) is 0. The number of rotatable bonds is 3. The molecule has 0 bridgehead atoms. The van der Waals surface area contributed by atoms with Crippen LogP contribution in [0.4, 0.5) is 0 Å². The zero-order valence-electron chi connectivity index (χ0n) is 10.2. The Balaban J connectivity index is 2.25. The topological polar surface area (TPSA) is 69.4 Å². The number of carbonyl (C=O) groups excluding carboxylic acids is 1. The minimum absolute atomic E-state index is 0.105. The SMILES string of the molecule is COc1ccc([C@@H]2CC(=O)CC[C@@H]2[N+](=O)[O-])cc1. The molecule has 0 spiro atoms. The van der Waals surface area contributed by atoms with E-state index in [2.05, 4.69) is 0 Å². The van der Waals surface area contributed by atoms with Gasteiger partial charge in [-0.3, -0.25) is 14.9 Å². The van der Waals surface area contributed by atoms with Crippen LogP contribution in [0.2, 0.25) is 0 Å². The molecule has 0 N–H and O–H groups in total. The number of Topliss-reactive ketones (excluding diaryl/α,β-unsaturated/α-hetero) is 1. The van der Waals surface area contributed by atoms with E-state index in [1.54, 1.807) is 31.4 Å². The third kappa shape index (κ3) is 2.50. The molecule has 1 fully saturated rings. The van der Waals surface area contributed by atoms with Crippen LogP contribution in [0.3, 0.4) is 0 Å². The third-order valence-corrected chi connectivity index (χ3v) is 3.45. The molecule has 1 aromatic rings. The predicted octanol–water partition coefficient (Wildman–Crippen LogP) is 2.18. The van der Waals surface area contributed by atoms with Crippen LogP contribution in [-0.2, 0) is 4.79 Å². The highest BCUT2D eigenvalue weighted by molar-refractivity contribution is 5.80. The molecule has 0 aliphatic heterocycles. The van der Waals surface area contributed by atoms with Crippen LogP contribution >= 0.6 is 0 Å². The molecule has 2 atom stereocenters. The minimum atomic E-state index is -0.656. The number of carbonyl (C=O) groups is 1. The van der Waals surface area contributed by atoms with Crippen LogP contribution in [0.5, 0.6) is 5.75 Å². The van der Waals surface area contributed by atoms with Gasteiger partial charge in [-0.1, -0.05) is 12.1 Å². The van der Waals surface area contributed by atoms with Gasteiger partial charge in [0.05, 0.1) is 13.0 Å². The number of ketones is 1. The van der Waals surface area contributed by atoms with Crippen molar-refractivity contribution in [3.63, 3.8) is 0 Å². The second-order valence-corrected chi connectivity index (χ2v) is 4.51. The first-order valence-electron chi connectivity index (χ1n) is 5.91. The van der Waals surface area contributed by atoms with E-state index in [9.17, 15) is 14.9 Å². The molecule has 0 heterocycles. The largest absolute Gasteiger partial charge is 0.497 e. The number of ether oxygens (including phenoxy) is 1. The molecule has 96 valence electrons. The first kappa shape index (κ1) is 12.5. The van der Waals surface area contributed by atoms with Gasteiger partial charge in [0.1, 0.15) is 11.5 Å². The molecule has 0 aromatic heterocycles. The summed E-state index contributed by atoms with van der Waals surface area (Å²) in [4.78, 5) is 22.3. The standard InChI is InChI=1S/C13H15NO4/c1-18-11-5-2-9(3-6-11)12-8-10(15)4-7-13(12)14(16)17/h2-3,5-6,12-13H,4,7-8H2,1H3/t12-,13-/m0/s1. The maximum atomic E-state index is 11.5. The van der Waals surface area contributed by atoms with Crippen molar-refractivity contribution in [2.45, 2.75) is 31.2 Å². The number of benzene rings is 1. The van der Waals surface area contributed by atoms with Gasteiger partial charge in [-0.15, -0.1) is 0 Å². The average Bonchev–Trinajstić information content (AvgIpc) is 2.38. The number of nitrogens with zero attached hydrogens (tertiary/aromatic N) is 1. The quantitative estimate of drug-likeness (QED) is 0.608. The van der Waals surface area contributed by atoms with E-state index in [1.165, 1.54) is 0 Å². The van der Waals surface area contributed by atoms with Gasteiger partial charge in [-0.25, -0.2) is 0 Å². The average molecular weight is 249 g/mol. The number of methoxy groups -OCH3 is 1. The van der Waals surface area contributed by atoms with Crippen molar-refractivity contribution >= 4 is 5.78 Å². The Morgan fingerprint density at radius 2 is 2.00 bits per heavy atom. The van der Waals surface area contributed by atoms with E-state index in [4.69, 9.17) is 4.74 Å². The van der Waals surface area contributed by atoms with E-state index >= 15 is 0 Å². The summed E-state index contributed by atoms with van der Waals surface area (Å²) < 4.78 is 5.05. The molecule has 1 aromatic carbocycles. The van der Waals surface area contributed by atoms with E-state index < -0.39 is 6.04 Å². The number of nitro groups is 1. The highest BCUT2D eigenvalue weighted by Gasteiger charge is 2.38. The lowest BCUT2D eigenvalue weighted by atomic mass is 9.79. The molecule has 0 saturated heterocycles. The minimum Gasteiger partial charge on any atom is -0.497 e. The Kier molecular flexibility index (Phi) is 3.60. The maximum Gasteiger partial charge on any atom is 0.220 e. The Hall–Kier alpha value is -1.91. The molecule has 1 saturated carbocycles. The third-order valence-electron chi connectivity index (χ3n) is 3.45. The predicted molar refractivity (Wildman–Crippen MR) is 65.4 cm³/mol. The Morgan fingerprint density at radius 3 is 2.56 bits per heavy atom. The summed E-state index contributed by atoms with van der Waals surface area (Å²) in [5.74, 6) is 0.500. The van der Waals surface area contributed by atoms with E-state index in [-0.39, 0.29) is 23.0 Å². The Bertz CT molecular complexity index is 455. The summed E-state index contributed by atoms with van der Waals surface area (Å²) in [6.45, 7) is 0. The molecule has 18 heavy (non-hydrogen) atoms. The smallest absolute Gasteiger partial charge is 0.220 e. The zero-order valence-corrected chi connectivity index (χ0v) is 10.2. The molecule has 0 unspecified atom stereocenters. The number of hydrogen-bond acceptors (Lipinski definition) is 4. The molecule has 1 aliphatic carbocycles. The van der Waals surface area contributed by atoms with E-state index in [0.29, 0.717) is 18.6 Å². The van der Waals surface area contributed by atoms with Gasteiger partial charge >= 0.3 is 0 Å². The maximum absolute atomic E-state index is 11.5. The van der Waals surface area contributed by atoms with Crippen LogP contribution < -0.4 is 4.74 Å². The van der Waals surface area contributed by atoms with Crippen LogP contribution in [0.1, 0.15) is 30.7 Å². The molecule has 1 aliphatic rings. The summed E-state index contributed by atoms with van der Waals surface area (Å²) >= 11 is 0. The van der Waals surface area contributed by atoms with Crippen LogP contribution in [0.25, 0.3) is 0 Å². The molecule has 5 nitrogen and oxygen atoms in total. The summed E-state index contributed by atoms with van der Waals surface area (Å²) in [6.07, 6.45) is 0.915. The summed E-state index contributed by atoms with van der Waals surface area (Å²) in [6, 6.07) is 6.49. The van der Waals surface area contributed by atoms with Crippen molar-refractivity contribution < 1.29 is 14.5 Å². The molecule has 2 rings (SSSR count). The van der Waals surface area contributed by atoms with E-state index in [0.717, 1.165) is 5.56 Å². The normalized spacial score (nSPS) is 23.7. The first-order valence-corrected chi connectivity index (χ1v) is 5.91. The van der Waals surface area contributed by atoms with Crippen molar-refractivity contribution in [1.29, 1.82) is 0 Å². The van der Waals surface area contributed by atoms with Gasteiger partial charge in [-0.05, 0) is 17.7 Å². The van der Waals surface area contributed by atoms with Gasteiger partial charge in [0, 0.05) is 24.2 Å². The monoisotopic (exact) mass is 249 g/mol. The lowest BCUT2D eigenvalue weighted by Crippen LogP contribution is -2.33. The molecule has 0 amide bonds. The van der Waals surface area contributed by atoms with Crippen molar-refractivity contribution in [3.05, 3.63) is 39.9 Å². The molecule has 5 heteroatoms. The highest BCUT2D eigenvalue weighted by atomic mass is 16.6. The summed E-state index contributed by atoms with van der Waals surface area (Å²) in [5, 5.41) is 11.0. The molecular weight excluding hydrogens is 234 g/mol. The van der Waals surface area contributed by atoms with Crippen molar-refractivity contribution in [1.82, 2.24) is 0 Å². The van der Waals surface area contributed by atoms with Crippen molar-refractivity contribution in [2.75, 3.05) is 7.11 Å². The fourth-order valence-corrected chi connectivity index (χ4v) is 2.44. The van der Waals surface area contributed by atoms with Gasteiger partial charge in [0.15, 0.2) is 0 Å². The molecule has 0 radical (unpaired) electrons. The lowest BCUT2D eigenvalue weighted by molar-refractivity contribution is -0.528. The Morgan fingerprint density at radius 1 is 1.33 bits per heavy atom.